The zero-order valence-corrected chi connectivity index (χ0v) is 10.2. The summed E-state index contributed by atoms with van der Waals surface area (Å²) in [5.74, 6) is 0.904. The van der Waals surface area contributed by atoms with Gasteiger partial charge in [0, 0.05) is 12.1 Å². The van der Waals surface area contributed by atoms with E-state index in [1.54, 1.807) is 0 Å². The van der Waals surface area contributed by atoms with Crippen molar-refractivity contribution in [2.75, 3.05) is 6.54 Å². The van der Waals surface area contributed by atoms with Gasteiger partial charge in [0.05, 0.1) is 6.54 Å². The van der Waals surface area contributed by atoms with Crippen LogP contribution < -0.4 is 10.6 Å². The minimum atomic E-state index is 0.152. The van der Waals surface area contributed by atoms with Gasteiger partial charge in [-0.15, -0.1) is 0 Å². The third-order valence-electron chi connectivity index (χ3n) is 3.15. The molecule has 0 spiro atoms. The van der Waals surface area contributed by atoms with Crippen molar-refractivity contribution >= 4 is 5.91 Å². The molecule has 1 aliphatic carbocycles. The van der Waals surface area contributed by atoms with Crippen molar-refractivity contribution in [2.45, 2.75) is 58.5 Å². The average Bonchev–Trinajstić information content (AvgIpc) is 2.93. The Morgan fingerprint density at radius 3 is 2.80 bits per heavy atom. The molecule has 0 aromatic heterocycles. The van der Waals surface area contributed by atoms with Crippen molar-refractivity contribution < 1.29 is 4.79 Å². The van der Waals surface area contributed by atoms with E-state index in [0.29, 0.717) is 18.6 Å². The topological polar surface area (TPSA) is 41.1 Å². The van der Waals surface area contributed by atoms with Crippen LogP contribution in [-0.4, -0.2) is 24.5 Å². The minimum absolute atomic E-state index is 0.152. The number of rotatable bonds is 7. The number of amides is 1. The molecule has 2 N–H and O–H groups in total. The van der Waals surface area contributed by atoms with E-state index in [4.69, 9.17) is 0 Å². The molecule has 3 heteroatoms. The monoisotopic (exact) mass is 212 g/mol. The lowest BCUT2D eigenvalue weighted by molar-refractivity contribution is -0.120. The normalized spacial score (nSPS) is 26.1. The Hall–Kier alpha value is -0.570. The smallest absolute Gasteiger partial charge is 0.234 e. The van der Waals surface area contributed by atoms with Crippen LogP contribution in [-0.2, 0) is 4.79 Å². The molecule has 0 bridgehead atoms. The van der Waals surface area contributed by atoms with E-state index in [-0.39, 0.29) is 5.91 Å². The summed E-state index contributed by atoms with van der Waals surface area (Å²) in [6.07, 6.45) is 4.73. The molecule has 3 unspecified atom stereocenters. The van der Waals surface area contributed by atoms with E-state index in [0.717, 1.165) is 12.3 Å². The van der Waals surface area contributed by atoms with Gasteiger partial charge in [-0.1, -0.05) is 20.3 Å². The van der Waals surface area contributed by atoms with Crippen LogP contribution in [0, 0.1) is 5.92 Å². The first-order valence-corrected chi connectivity index (χ1v) is 6.20. The van der Waals surface area contributed by atoms with Gasteiger partial charge in [0.1, 0.15) is 0 Å². The van der Waals surface area contributed by atoms with Crippen LogP contribution in [0.2, 0.25) is 0 Å². The maximum absolute atomic E-state index is 11.5. The standard InChI is InChI=1S/C12H24N2O/c1-4-6-10-7-11(10)14-12(15)8-13-9(3)5-2/h9-11,13H,4-8H2,1-3H3,(H,14,15). The Bertz CT molecular complexity index is 206. The second kappa shape index (κ2) is 6.11. The summed E-state index contributed by atoms with van der Waals surface area (Å²) in [7, 11) is 0. The molecule has 15 heavy (non-hydrogen) atoms. The van der Waals surface area contributed by atoms with E-state index in [2.05, 4.69) is 31.4 Å². The molecule has 1 fully saturated rings. The summed E-state index contributed by atoms with van der Waals surface area (Å²) in [5, 5.41) is 6.27. The maximum Gasteiger partial charge on any atom is 0.234 e. The Morgan fingerprint density at radius 2 is 2.20 bits per heavy atom. The molecule has 3 atom stereocenters. The summed E-state index contributed by atoms with van der Waals surface area (Å²) in [6, 6.07) is 0.901. The second-order valence-electron chi connectivity index (χ2n) is 4.65. The van der Waals surface area contributed by atoms with Crippen LogP contribution in [0.3, 0.4) is 0 Å². The Labute approximate surface area is 93.0 Å². The van der Waals surface area contributed by atoms with Gasteiger partial charge >= 0.3 is 0 Å². The fourth-order valence-electron chi connectivity index (χ4n) is 1.78. The van der Waals surface area contributed by atoms with Crippen LogP contribution in [0.4, 0.5) is 0 Å². The third kappa shape index (κ3) is 4.65. The quantitative estimate of drug-likeness (QED) is 0.674. The largest absolute Gasteiger partial charge is 0.352 e. The average molecular weight is 212 g/mol. The van der Waals surface area contributed by atoms with Gasteiger partial charge in [0.15, 0.2) is 0 Å². The zero-order valence-electron chi connectivity index (χ0n) is 10.2. The predicted octanol–water partition coefficient (Wildman–Crippen LogP) is 1.68. The van der Waals surface area contributed by atoms with Gasteiger partial charge in [-0.05, 0) is 32.1 Å². The fourth-order valence-corrected chi connectivity index (χ4v) is 1.78. The molecule has 0 aromatic carbocycles. The van der Waals surface area contributed by atoms with Crippen LogP contribution in [0.1, 0.15) is 46.5 Å². The molecule has 1 saturated carbocycles. The highest BCUT2D eigenvalue weighted by Crippen LogP contribution is 2.34. The Kier molecular flexibility index (Phi) is 5.09. The predicted molar refractivity (Wildman–Crippen MR) is 62.7 cm³/mol. The third-order valence-corrected chi connectivity index (χ3v) is 3.15. The molecule has 0 saturated heterocycles. The van der Waals surface area contributed by atoms with Gasteiger partial charge in [-0.25, -0.2) is 0 Å². The molecule has 0 aliphatic heterocycles. The lowest BCUT2D eigenvalue weighted by Crippen LogP contribution is -2.39. The van der Waals surface area contributed by atoms with E-state index in [1.807, 2.05) is 0 Å². The lowest BCUT2D eigenvalue weighted by atomic mass is 10.2. The van der Waals surface area contributed by atoms with Crippen LogP contribution in [0.15, 0.2) is 0 Å². The Balaban J connectivity index is 2.05. The number of hydrogen-bond donors (Lipinski definition) is 2. The summed E-state index contributed by atoms with van der Waals surface area (Å²) in [4.78, 5) is 11.5. The molecular weight excluding hydrogens is 188 g/mol. The van der Waals surface area contributed by atoms with Crippen molar-refractivity contribution in [2.24, 2.45) is 5.92 Å². The summed E-state index contributed by atoms with van der Waals surface area (Å²) in [6.45, 7) is 6.88. The first-order chi connectivity index (χ1) is 7.17. The zero-order chi connectivity index (χ0) is 11.3. The van der Waals surface area contributed by atoms with Gasteiger partial charge in [0.25, 0.3) is 0 Å². The molecule has 1 amide bonds. The second-order valence-corrected chi connectivity index (χ2v) is 4.65. The number of hydrogen-bond acceptors (Lipinski definition) is 2. The minimum Gasteiger partial charge on any atom is -0.352 e. The summed E-state index contributed by atoms with van der Waals surface area (Å²) < 4.78 is 0. The molecular formula is C12H24N2O. The van der Waals surface area contributed by atoms with Gasteiger partial charge in [0.2, 0.25) is 5.91 Å². The van der Waals surface area contributed by atoms with Crippen molar-refractivity contribution in [3.05, 3.63) is 0 Å². The van der Waals surface area contributed by atoms with Crippen LogP contribution >= 0.6 is 0 Å². The maximum atomic E-state index is 11.5. The Morgan fingerprint density at radius 1 is 1.47 bits per heavy atom. The van der Waals surface area contributed by atoms with Gasteiger partial charge < -0.3 is 10.6 Å². The van der Waals surface area contributed by atoms with Crippen LogP contribution in [0.25, 0.3) is 0 Å². The summed E-state index contributed by atoms with van der Waals surface area (Å²) in [5.41, 5.74) is 0. The molecule has 0 heterocycles. The number of carbonyl (C=O) groups is 1. The van der Waals surface area contributed by atoms with E-state index < -0.39 is 0 Å². The fraction of sp³-hybridized carbons (Fsp3) is 0.917. The molecule has 1 rings (SSSR count). The lowest BCUT2D eigenvalue weighted by Gasteiger charge is -2.11. The molecule has 88 valence electrons. The first kappa shape index (κ1) is 12.5. The van der Waals surface area contributed by atoms with E-state index in [9.17, 15) is 4.79 Å². The molecule has 3 nitrogen and oxygen atoms in total. The van der Waals surface area contributed by atoms with Gasteiger partial charge in [-0.2, -0.15) is 0 Å². The highest BCUT2D eigenvalue weighted by Gasteiger charge is 2.36. The summed E-state index contributed by atoms with van der Waals surface area (Å²) >= 11 is 0. The highest BCUT2D eigenvalue weighted by atomic mass is 16.2. The first-order valence-electron chi connectivity index (χ1n) is 6.20. The van der Waals surface area contributed by atoms with Crippen molar-refractivity contribution in [1.82, 2.24) is 10.6 Å². The number of carbonyl (C=O) groups excluding carboxylic acids is 1. The van der Waals surface area contributed by atoms with Crippen LogP contribution in [0.5, 0.6) is 0 Å². The van der Waals surface area contributed by atoms with E-state index in [1.165, 1.54) is 19.3 Å². The van der Waals surface area contributed by atoms with Crippen molar-refractivity contribution in [3.8, 4) is 0 Å². The van der Waals surface area contributed by atoms with Gasteiger partial charge in [-0.3, -0.25) is 4.79 Å². The van der Waals surface area contributed by atoms with Crippen molar-refractivity contribution in [3.63, 3.8) is 0 Å². The van der Waals surface area contributed by atoms with Crippen molar-refractivity contribution in [1.29, 1.82) is 0 Å². The SMILES string of the molecule is CCCC1CC1NC(=O)CNC(C)CC. The molecule has 1 aliphatic rings. The van der Waals surface area contributed by atoms with E-state index >= 15 is 0 Å². The molecule has 0 radical (unpaired) electrons. The number of nitrogens with one attached hydrogen (secondary N) is 2. The molecule has 0 aromatic rings. The highest BCUT2D eigenvalue weighted by molar-refractivity contribution is 5.78.